The average molecular weight is 280 g/mol. The number of carboxylic acids is 1. The quantitative estimate of drug-likeness (QED) is 0.615. The number of nitrogens with one attached hydrogen (secondary N) is 1. The van der Waals surface area contributed by atoms with Gasteiger partial charge in [-0.1, -0.05) is 20.3 Å². The molecular weight excluding hydrogens is 260 g/mol. The summed E-state index contributed by atoms with van der Waals surface area (Å²) in [5, 5.41) is 23.2. The van der Waals surface area contributed by atoms with Crippen LogP contribution >= 0.6 is 0 Å². The molecule has 0 radical (unpaired) electrons. The number of carboxylic acid groups (broad SMARTS) is 1. The molecule has 0 amide bonds. The van der Waals surface area contributed by atoms with Crippen LogP contribution in [0.4, 0.5) is 11.4 Å². The summed E-state index contributed by atoms with van der Waals surface area (Å²) in [5.41, 5.74) is 0.699. The number of nitro groups is 1. The molecule has 0 saturated heterocycles. The predicted molar refractivity (Wildman–Crippen MR) is 77.3 cm³/mol. The van der Waals surface area contributed by atoms with Crippen molar-refractivity contribution < 1.29 is 14.8 Å². The van der Waals surface area contributed by atoms with Crippen molar-refractivity contribution in [1.82, 2.24) is 0 Å². The highest BCUT2D eigenvalue weighted by Crippen LogP contribution is 2.29. The summed E-state index contributed by atoms with van der Waals surface area (Å²) in [6.45, 7) is 7.73. The van der Waals surface area contributed by atoms with Crippen molar-refractivity contribution in [2.75, 3.05) is 5.32 Å². The Morgan fingerprint density at radius 1 is 1.45 bits per heavy atom. The highest BCUT2D eigenvalue weighted by Gasteiger charge is 2.20. The lowest BCUT2D eigenvalue weighted by Gasteiger charge is -2.22. The molecule has 110 valence electrons. The number of benzene rings is 1. The number of nitrogens with zero attached hydrogens (tertiary/aromatic N) is 1. The lowest BCUT2D eigenvalue weighted by Crippen LogP contribution is -2.24. The average Bonchev–Trinajstić information content (AvgIpc) is 2.39. The first-order chi connectivity index (χ1) is 9.27. The Hall–Kier alpha value is -2.11. The van der Waals surface area contributed by atoms with Gasteiger partial charge in [-0.15, -0.1) is 0 Å². The third-order valence-corrected chi connectivity index (χ3v) is 3.70. The molecule has 0 saturated carbocycles. The zero-order valence-corrected chi connectivity index (χ0v) is 12.1. The standard InChI is InChI=1S/C14H20N2O4/c1-5-8(2)10(4)15-12-6-11(14(17)18)7-13(9(12)3)16(19)20/h6-8,10,15H,5H2,1-4H3,(H,17,18). The van der Waals surface area contributed by atoms with Crippen LogP contribution in [0.1, 0.15) is 43.1 Å². The minimum atomic E-state index is -1.17. The van der Waals surface area contributed by atoms with E-state index in [0.717, 1.165) is 12.5 Å². The van der Waals surface area contributed by atoms with Gasteiger partial charge in [0, 0.05) is 23.4 Å². The van der Waals surface area contributed by atoms with Gasteiger partial charge in [0.1, 0.15) is 0 Å². The first kappa shape index (κ1) is 15.9. The highest BCUT2D eigenvalue weighted by atomic mass is 16.6. The minimum Gasteiger partial charge on any atom is -0.478 e. The fourth-order valence-corrected chi connectivity index (χ4v) is 1.90. The van der Waals surface area contributed by atoms with Crippen LogP contribution in [0.15, 0.2) is 12.1 Å². The summed E-state index contributed by atoms with van der Waals surface area (Å²) >= 11 is 0. The Morgan fingerprint density at radius 2 is 2.05 bits per heavy atom. The zero-order valence-electron chi connectivity index (χ0n) is 12.1. The molecule has 1 aromatic carbocycles. The van der Waals surface area contributed by atoms with Crippen LogP contribution in [-0.2, 0) is 0 Å². The van der Waals surface area contributed by atoms with Gasteiger partial charge in [0.15, 0.2) is 0 Å². The molecule has 20 heavy (non-hydrogen) atoms. The number of hydrogen-bond donors (Lipinski definition) is 2. The third kappa shape index (κ3) is 3.46. The van der Waals surface area contributed by atoms with E-state index in [2.05, 4.69) is 19.2 Å². The molecule has 0 fully saturated rings. The monoisotopic (exact) mass is 280 g/mol. The van der Waals surface area contributed by atoms with Crippen molar-refractivity contribution >= 4 is 17.3 Å². The van der Waals surface area contributed by atoms with Gasteiger partial charge in [0.2, 0.25) is 0 Å². The van der Waals surface area contributed by atoms with Gasteiger partial charge in [0.05, 0.1) is 10.5 Å². The Bertz CT molecular complexity index is 528. The van der Waals surface area contributed by atoms with E-state index in [0.29, 0.717) is 17.2 Å². The maximum absolute atomic E-state index is 11.1. The predicted octanol–water partition coefficient (Wildman–Crippen LogP) is 3.45. The lowest BCUT2D eigenvalue weighted by atomic mass is 9.99. The molecule has 1 rings (SSSR count). The van der Waals surface area contributed by atoms with Crippen LogP contribution in [0.5, 0.6) is 0 Å². The number of anilines is 1. The molecule has 2 unspecified atom stereocenters. The third-order valence-electron chi connectivity index (χ3n) is 3.70. The van der Waals surface area contributed by atoms with Gasteiger partial charge < -0.3 is 10.4 Å². The summed E-state index contributed by atoms with van der Waals surface area (Å²) in [7, 11) is 0. The maximum atomic E-state index is 11.1. The van der Waals surface area contributed by atoms with Gasteiger partial charge in [-0.25, -0.2) is 4.79 Å². The summed E-state index contributed by atoms with van der Waals surface area (Å²) < 4.78 is 0. The number of hydrogen-bond acceptors (Lipinski definition) is 4. The number of nitro benzene ring substituents is 1. The second-order valence-electron chi connectivity index (χ2n) is 5.05. The van der Waals surface area contributed by atoms with E-state index < -0.39 is 10.9 Å². The summed E-state index contributed by atoms with van der Waals surface area (Å²) in [4.78, 5) is 21.5. The molecule has 0 heterocycles. The number of aromatic carboxylic acids is 1. The van der Waals surface area contributed by atoms with E-state index in [1.807, 2.05) is 6.92 Å². The molecule has 2 atom stereocenters. The first-order valence-corrected chi connectivity index (χ1v) is 6.56. The molecule has 0 aliphatic rings. The molecule has 0 aliphatic heterocycles. The second kappa shape index (κ2) is 6.36. The number of rotatable bonds is 6. The van der Waals surface area contributed by atoms with Gasteiger partial charge in [-0.3, -0.25) is 10.1 Å². The van der Waals surface area contributed by atoms with Crippen molar-refractivity contribution in [3.63, 3.8) is 0 Å². The van der Waals surface area contributed by atoms with Crippen molar-refractivity contribution in [1.29, 1.82) is 0 Å². The van der Waals surface area contributed by atoms with Gasteiger partial charge in [-0.2, -0.15) is 0 Å². The van der Waals surface area contributed by atoms with E-state index in [1.165, 1.54) is 6.07 Å². The van der Waals surface area contributed by atoms with Crippen LogP contribution in [0.3, 0.4) is 0 Å². The van der Waals surface area contributed by atoms with Crippen LogP contribution in [0, 0.1) is 23.0 Å². The fourth-order valence-electron chi connectivity index (χ4n) is 1.90. The van der Waals surface area contributed by atoms with Crippen LogP contribution in [-0.4, -0.2) is 22.0 Å². The van der Waals surface area contributed by atoms with Crippen LogP contribution < -0.4 is 5.32 Å². The Labute approximate surface area is 118 Å². The van der Waals surface area contributed by atoms with Gasteiger partial charge >= 0.3 is 5.97 Å². The number of carbonyl (C=O) groups is 1. The molecule has 0 aromatic heterocycles. The van der Waals surface area contributed by atoms with Gasteiger partial charge in [0.25, 0.3) is 5.69 Å². The van der Waals surface area contributed by atoms with Crippen LogP contribution in [0.25, 0.3) is 0 Å². The van der Waals surface area contributed by atoms with E-state index in [9.17, 15) is 14.9 Å². The molecule has 0 spiro atoms. The molecule has 6 heteroatoms. The highest BCUT2D eigenvalue weighted by molar-refractivity contribution is 5.90. The van der Waals surface area contributed by atoms with E-state index in [1.54, 1.807) is 6.92 Å². The van der Waals surface area contributed by atoms with Crippen molar-refractivity contribution in [3.8, 4) is 0 Å². The van der Waals surface area contributed by atoms with Crippen molar-refractivity contribution in [2.45, 2.75) is 40.2 Å². The molecule has 0 aliphatic carbocycles. The smallest absolute Gasteiger partial charge is 0.336 e. The lowest BCUT2D eigenvalue weighted by molar-refractivity contribution is -0.385. The Morgan fingerprint density at radius 3 is 2.50 bits per heavy atom. The molecule has 2 N–H and O–H groups in total. The summed E-state index contributed by atoms with van der Waals surface area (Å²) in [5.74, 6) is -0.797. The van der Waals surface area contributed by atoms with E-state index >= 15 is 0 Å². The maximum Gasteiger partial charge on any atom is 0.336 e. The minimum absolute atomic E-state index is 0.0823. The molecule has 1 aromatic rings. The Balaban J connectivity index is 3.24. The fraction of sp³-hybridized carbons (Fsp3) is 0.500. The molecule has 0 bridgehead atoms. The molecular formula is C14H20N2O4. The first-order valence-electron chi connectivity index (χ1n) is 6.56. The normalized spacial score (nSPS) is 13.6. The largest absolute Gasteiger partial charge is 0.478 e. The van der Waals surface area contributed by atoms with E-state index in [-0.39, 0.29) is 17.3 Å². The second-order valence-corrected chi connectivity index (χ2v) is 5.05. The summed E-state index contributed by atoms with van der Waals surface area (Å²) in [6.07, 6.45) is 0.966. The Kier molecular flexibility index (Phi) is 5.07. The SMILES string of the molecule is CCC(C)C(C)Nc1cc(C(=O)O)cc([N+](=O)[O-])c1C. The van der Waals surface area contributed by atoms with Crippen molar-refractivity contribution in [3.05, 3.63) is 33.4 Å². The molecule has 6 nitrogen and oxygen atoms in total. The van der Waals surface area contributed by atoms with Crippen molar-refractivity contribution in [2.24, 2.45) is 5.92 Å². The van der Waals surface area contributed by atoms with Gasteiger partial charge in [-0.05, 0) is 25.8 Å². The van der Waals surface area contributed by atoms with Crippen LogP contribution in [0.2, 0.25) is 0 Å². The topological polar surface area (TPSA) is 92.5 Å². The summed E-state index contributed by atoms with van der Waals surface area (Å²) in [6, 6.07) is 2.64. The zero-order chi connectivity index (χ0) is 15.4. The van der Waals surface area contributed by atoms with E-state index in [4.69, 9.17) is 5.11 Å².